The van der Waals surface area contributed by atoms with Crippen molar-refractivity contribution in [2.45, 2.75) is 104 Å². The van der Waals surface area contributed by atoms with Gasteiger partial charge in [0.15, 0.2) is 0 Å². The maximum absolute atomic E-state index is 4.82. The van der Waals surface area contributed by atoms with Crippen LogP contribution in [0.4, 0.5) is 0 Å². The molecule has 2 heteroatoms. The van der Waals surface area contributed by atoms with Crippen LogP contribution in [0.25, 0.3) is 0 Å². The van der Waals surface area contributed by atoms with Crippen molar-refractivity contribution in [3.63, 3.8) is 0 Å². The minimum atomic E-state index is 0.564. The maximum atomic E-state index is 4.82. The average Bonchev–Trinajstić information content (AvgIpc) is 2.84. The Hall–Kier alpha value is -0.370. The van der Waals surface area contributed by atoms with Gasteiger partial charge in [-0.05, 0) is 31.6 Å². The zero-order chi connectivity index (χ0) is 15.7. The van der Waals surface area contributed by atoms with Crippen LogP contribution >= 0.6 is 11.3 Å². The van der Waals surface area contributed by atoms with Crippen molar-refractivity contribution in [1.29, 1.82) is 0 Å². The fourth-order valence-electron chi connectivity index (χ4n) is 3.02. The van der Waals surface area contributed by atoms with Crippen LogP contribution in [-0.2, 0) is 0 Å². The summed E-state index contributed by atoms with van der Waals surface area (Å²) in [5.41, 5.74) is 1.38. The Balaban J connectivity index is 2.67. The molecule has 122 valence electrons. The largest absolute Gasteiger partial charge is 0.246 e. The average molecular weight is 310 g/mol. The number of hydrogen-bond donors (Lipinski definition) is 0. The van der Waals surface area contributed by atoms with Gasteiger partial charge >= 0.3 is 0 Å². The molecule has 0 radical (unpaired) electrons. The number of unbranched alkanes of at least 4 members (excludes halogenated alkanes) is 5. The van der Waals surface area contributed by atoms with Crippen molar-refractivity contribution in [3.05, 3.63) is 15.6 Å². The molecule has 0 aliphatic carbocycles. The molecule has 0 aliphatic rings. The molecule has 1 aromatic heterocycles. The Morgan fingerprint density at radius 1 is 0.905 bits per heavy atom. The molecule has 1 aromatic rings. The van der Waals surface area contributed by atoms with Gasteiger partial charge in [0.1, 0.15) is 0 Å². The van der Waals surface area contributed by atoms with Crippen LogP contribution in [0.1, 0.15) is 113 Å². The van der Waals surface area contributed by atoms with E-state index in [9.17, 15) is 0 Å². The summed E-state index contributed by atoms with van der Waals surface area (Å²) >= 11 is 1.96. The van der Waals surface area contributed by atoms with Crippen molar-refractivity contribution >= 4 is 11.3 Å². The summed E-state index contributed by atoms with van der Waals surface area (Å²) in [7, 11) is 0. The third-order valence-corrected chi connectivity index (χ3v) is 5.42. The molecule has 0 amide bonds. The molecule has 1 atom stereocenters. The lowest BCUT2D eigenvalue weighted by atomic mass is 9.91. The van der Waals surface area contributed by atoms with Crippen LogP contribution < -0.4 is 0 Å². The lowest BCUT2D eigenvalue weighted by Crippen LogP contribution is -2.02. The normalized spacial score (nSPS) is 13.0. The number of aryl methyl sites for hydroxylation is 1. The van der Waals surface area contributed by atoms with Gasteiger partial charge < -0.3 is 0 Å². The predicted molar refractivity (Wildman–Crippen MR) is 96.6 cm³/mol. The van der Waals surface area contributed by atoms with Gasteiger partial charge in [0.05, 0.1) is 10.7 Å². The summed E-state index contributed by atoms with van der Waals surface area (Å²) in [5.74, 6) is 1.32. The van der Waals surface area contributed by atoms with Gasteiger partial charge in [0.2, 0.25) is 0 Å². The summed E-state index contributed by atoms with van der Waals surface area (Å²) in [6.07, 6.45) is 12.3. The van der Waals surface area contributed by atoms with Gasteiger partial charge in [-0.3, -0.25) is 0 Å². The van der Waals surface area contributed by atoms with E-state index in [1.807, 2.05) is 11.3 Å². The van der Waals surface area contributed by atoms with E-state index in [1.54, 1.807) is 4.88 Å². The lowest BCUT2D eigenvalue weighted by Gasteiger charge is -2.18. The summed E-state index contributed by atoms with van der Waals surface area (Å²) in [4.78, 5) is 6.42. The third kappa shape index (κ3) is 6.50. The number of nitrogens with zero attached hydrogens (tertiary/aromatic N) is 1. The minimum Gasteiger partial charge on any atom is -0.246 e. The zero-order valence-corrected chi connectivity index (χ0v) is 15.7. The molecule has 0 spiro atoms. The molecule has 1 heterocycles. The quantitative estimate of drug-likeness (QED) is 0.393. The van der Waals surface area contributed by atoms with Crippen LogP contribution in [-0.4, -0.2) is 4.98 Å². The third-order valence-electron chi connectivity index (χ3n) is 4.27. The molecule has 1 unspecified atom stereocenters. The Morgan fingerprint density at radius 3 is 2.14 bits per heavy atom. The van der Waals surface area contributed by atoms with E-state index < -0.39 is 0 Å². The van der Waals surface area contributed by atoms with Gasteiger partial charge in [0, 0.05) is 4.88 Å². The predicted octanol–water partition coefficient (Wildman–Crippen LogP) is 7.21. The molecule has 0 fully saturated rings. The molecule has 0 saturated carbocycles. The number of thiazole rings is 1. The van der Waals surface area contributed by atoms with Crippen LogP contribution in [0.2, 0.25) is 0 Å². The first-order chi connectivity index (χ1) is 10.1. The van der Waals surface area contributed by atoms with Crippen LogP contribution in [0, 0.1) is 6.92 Å². The molecular weight excluding hydrogens is 274 g/mol. The summed E-state index contributed by atoms with van der Waals surface area (Å²) in [6, 6.07) is 0. The molecule has 21 heavy (non-hydrogen) atoms. The Morgan fingerprint density at radius 2 is 1.52 bits per heavy atom. The second kappa shape index (κ2) is 10.4. The topological polar surface area (TPSA) is 12.9 Å². The Bertz CT molecular complexity index is 381. The molecule has 0 N–H and O–H groups in total. The first-order valence-corrected chi connectivity index (χ1v) is 9.88. The molecule has 0 saturated heterocycles. The zero-order valence-electron chi connectivity index (χ0n) is 14.9. The van der Waals surface area contributed by atoms with Gasteiger partial charge in [-0.2, -0.15) is 0 Å². The lowest BCUT2D eigenvalue weighted by molar-refractivity contribution is 0.505. The highest BCUT2D eigenvalue weighted by Gasteiger charge is 2.20. The van der Waals surface area contributed by atoms with E-state index in [1.165, 1.54) is 68.5 Å². The van der Waals surface area contributed by atoms with E-state index in [0.717, 1.165) is 5.92 Å². The molecule has 0 bridgehead atoms. The van der Waals surface area contributed by atoms with Gasteiger partial charge in [0.25, 0.3) is 0 Å². The highest BCUT2D eigenvalue weighted by atomic mass is 32.1. The van der Waals surface area contributed by atoms with E-state index in [4.69, 9.17) is 4.98 Å². The first kappa shape index (κ1) is 18.7. The van der Waals surface area contributed by atoms with Crippen LogP contribution in [0.5, 0.6) is 0 Å². The molecule has 1 nitrogen and oxygen atoms in total. The van der Waals surface area contributed by atoms with E-state index in [0.29, 0.717) is 5.92 Å². The molecular formula is C19H35NS. The monoisotopic (exact) mass is 309 g/mol. The van der Waals surface area contributed by atoms with Gasteiger partial charge in [-0.1, -0.05) is 72.6 Å². The van der Waals surface area contributed by atoms with E-state index in [-0.39, 0.29) is 0 Å². The van der Waals surface area contributed by atoms with Crippen molar-refractivity contribution in [2.24, 2.45) is 0 Å². The smallest absolute Gasteiger partial charge is 0.0900 e. The number of hydrogen-bond acceptors (Lipinski definition) is 2. The van der Waals surface area contributed by atoms with Crippen molar-refractivity contribution in [3.8, 4) is 0 Å². The molecule has 0 aromatic carbocycles. The minimum absolute atomic E-state index is 0.564. The number of aromatic nitrogens is 1. The second-order valence-corrected chi connectivity index (χ2v) is 7.91. The fraction of sp³-hybridized carbons (Fsp3) is 0.842. The van der Waals surface area contributed by atoms with E-state index >= 15 is 0 Å². The first-order valence-electron chi connectivity index (χ1n) is 9.07. The van der Waals surface area contributed by atoms with Crippen molar-refractivity contribution in [2.75, 3.05) is 0 Å². The summed E-state index contributed by atoms with van der Waals surface area (Å²) in [5, 5.41) is 1.25. The standard InChI is InChI=1S/C19H35NS/c1-6-8-10-11-12-14-17(13-9-7-2)19-18(15(3)4)20-16(5)21-19/h15,17H,6-14H2,1-5H3. The van der Waals surface area contributed by atoms with Crippen LogP contribution in [0.3, 0.4) is 0 Å². The number of rotatable bonds is 11. The van der Waals surface area contributed by atoms with Crippen molar-refractivity contribution < 1.29 is 0 Å². The SMILES string of the molecule is CCCCCCCC(CCCC)c1sc(C)nc1C(C)C. The van der Waals surface area contributed by atoms with Crippen molar-refractivity contribution in [1.82, 2.24) is 4.98 Å². The molecule has 0 aliphatic heterocycles. The highest BCUT2D eigenvalue weighted by molar-refractivity contribution is 7.11. The fourth-order valence-corrected chi connectivity index (χ4v) is 4.27. The maximum Gasteiger partial charge on any atom is 0.0900 e. The molecule has 1 rings (SSSR count). The summed E-state index contributed by atoms with van der Waals surface area (Å²) in [6.45, 7) is 11.3. The highest BCUT2D eigenvalue weighted by Crippen LogP contribution is 2.37. The second-order valence-electron chi connectivity index (χ2n) is 6.68. The van der Waals surface area contributed by atoms with E-state index in [2.05, 4.69) is 34.6 Å². The van der Waals surface area contributed by atoms with Gasteiger partial charge in [-0.25, -0.2) is 4.98 Å². The van der Waals surface area contributed by atoms with Crippen LogP contribution in [0.15, 0.2) is 0 Å². The Kier molecular flexibility index (Phi) is 9.23. The van der Waals surface area contributed by atoms with Gasteiger partial charge in [-0.15, -0.1) is 11.3 Å². The summed E-state index contributed by atoms with van der Waals surface area (Å²) < 4.78 is 0. The Labute approximate surface area is 136 Å².